The van der Waals surface area contributed by atoms with Crippen molar-refractivity contribution in [2.24, 2.45) is 10.9 Å². The Morgan fingerprint density at radius 1 is 1.35 bits per heavy atom. The molecule has 1 unspecified atom stereocenters. The smallest absolute Gasteiger partial charge is 0.213 e. The molecule has 1 aliphatic heterocycles. The molecule has 0 aliphatic carbocycles. The maximum absolute atomic E-state index is 5.49. The van der Waals surface area contributed by atoms with Crippen LogP contribution in [0.4, 0.5) is 0 Å². The molecule has 0 aromatic carbocycles. The number of morpholine rings is 1. The van der Waals surface area contributed by atoms with Crippen molar-refractivity contribution >= 4 is 5.96 Å². The minimum Gasteiger partial charge on any atom is -0.481 e. The first-order valence-electron chi connectivity index (χ1n) is 9.37. The van der Waals surface area contributed by atoms with E-state index < -0.39 is 0 Å². The topological polar surface area (TPSA) is 71.0 Å². The molecule has 2 heterocycles. The standard InChI is InChI=1S/C19H33N5O2/c1-15(2)11-17(24-7-9-26-10-8-24)14-23-19(20-3)22-13-16-5-6-21-18(12-16)25-4/h5-6,12,15,17H,7-11,13-14H2,1-4H3,(H2,20,22,23). The predicted molar refractivity (Wildman–Crippen MR) is 105 cm³/mol. The minimum absolute atomic E-state index is 0.485. The summed E-state index contributed by atoms with van der Waals surface area (Å²) in [6.45, 7) is 9.75. The molecular weight excluding hydrogens is 330 g/mol. The summed E-state index contributed by atoms with van der Waals surface area (Å²) in [5.74, 6) is 2.09. The normalized spacial score (nSPS) is 17.2. The summed E-state index contributed by atoms with van der Waals surface area (Å²) in [6.07, 6.45) is 2.91. The summed E-state index contributed by atoms with van der Waals surface area (Å²) >= 11 is 0. The molecule has 1 atom stereocenters. The van der Waals surface area contributed by atoms with Crippen molar-refractivity contribution in [3.8, 4) is 5.88 Å². The third kappa shape index (κ3) is 6.80. The van der Waals surface area contributed by atoms with Crippen LogP contribution in [0.15, 0.2) is 23.3 Å². The van der Waals surface area contributed by atoms with E-state index in [9.17, 15) is 0 Å². The van der Waals surface area contributed by atoms with E-state index in [4.69, 9.17) is 9.47 Å². The van der Waals surface area contributed by atoms with Crippen LogP contribution in [-0.2, 0) is 11.3 Å². The van der Waals surface area contributed by atoms with Crippen molar-refractivity contribution in [1.29, 1.82) is 0 Å². The van der Waals surface area contributed by atoms with Crippen LogP contribution in [-0.4, -0.2) is 68.9 Å². The first kappa shape index (κ1) is 20.5. The molecule has 7 nitrogen and oxygen atoms in total. The zero-order chi connectivity index (χ0) is 18.8. The molecular formula is C19H33N5O2. The van der Waals surface area contributed by atoms with Crippen LogP contribution in [0.3, 0.4) is 0 Å². The van der Waals surface area contributed by atoms with Crippen LogP contribution < -0.4 is 15.4 Å². The van der Waals surface area contributed by atoms with Gasteiger partial charge in [-0.1, -0.05) is 13.8 Å². The predicted octanol–water partition coefficient (Wildman–Crippen LogP) is 1.50. The Morgan fingerprint density at radius 2 is 2.12 bits per heavy atom. The lowest BCUT2D eigenvalue weighted by Crippen LogP contribution is -2.50. The van der Waals surface area contributed by atoms with Gasteiger partial charge in [0.25, 0.3) is 0 Å². The Morgan fingerprint density at radius 3 is 2.77 bits per heavy atom. The SMILES string of the molecule is CN=C(NCc1ccnc(OC)c1)NCC(CC(C)C)N1CCOCC1. The molecule has 0 spiro atoms. The second-order valence-corrected chi connectivity index (χ2v) is 6.94. The van der Waals surface area contributed by atoms with Crippen LogP contribution in [0.5, 0.6) is 5.88 Å². The highest BCUT2D eigenvalue weighted by Crippen LogP contribution is 2.13. The third-order valence-corrected chi connectivity index (χ3v) is 4.50. The lowest BCUT2D eigenvalue weighted by atomic mass is 10.0. The lowest BCUT2D eigenvalue weighted by molar-refractivity contribution is 0.0132. The van der Waals surface area contributed by atoms with Crippen molar-refractivity contribution in [3.63, 3.8) is 0 Å². The van der Waals surface area contributed by atoms with E-state index in [2.05, 4.69) is 39.4 Å². The van der Waals surface area contributed by atoms with Gasteiger partial charge in [0.1, 0.15) is 0 Å². The number of ether oxygens (including phenoxy) is 2. The van der Waals surface area contributed by atoms with E-state index in [1.54, 1.807) is 20.4 Å². The second kappa shape index (κ2) is 11.0. The average molecular weight is 364 g/mol. The highest BCUT2D eigenvalue weighted by Gasteiger charge is 2.22. The van der Waals surface area contributed by atoms with E-state index in [1.807, 2.05) is 12.1 Å². The second-order valence-electron chi connectivity index (χ2n) is 6.94. The van der Waals surface area contributed by atoms with Gasteiger partial charge in [0.2, 0.25) is 5.88 Å². The number of nitrogens with zero attached hydrogens (tertiary/aromatic N) is 3. The Hall–Kier alpha value is -1.86. The molecule has 1 aromatic heterocycles. The molecule has 0 amide bonds. The maximum atomic E-state index is 5.49. The van der Waals surface area contributed by atoms with Gasteiger partial charge in [0, 0.05) is 51.5 Å². The summed E-state index contributed by atoms with van der Waals surface area (Å²) in [4.78, 5) is 11.0. The van der Waals surface area contributed by atoms with Gasteiger partial charge < -0.3 is 20.1 Å². The van der Waals surface area contributed by atoms with E-state index in [0.29, 0.717) is 24.4 Å². The molecule has 1 fully saturated rings. The van der Waals surface area contributed by atoms with Crippen molar-refractivity contribution in [2.75, 3.05) is 47.0 Å². The Kier molecular flexibility index (Phi) is 8.64. The number of rotatable bonds is 8. The Bertz CT molecular complexity index is 559. The molecule has 0 bridgehead atoms. The lowest BCUT2D eigenvalue weighted by Gasteiger charge is -2.35. The average Bonchev–Trinajstić information content (AvgIpc) is 2.67. The van der Waals surface area contributed by atoms with Crippen LogP contribution in [0.2, 0.25) is 0 Å². The third-order valence-electron chi connectivity index (χ3n) is 4.50. The van der Waals surface area contributed by atoms with Crippen LogP contribution in [0.25, 0.3) is 0 Å². The van der Waals surface area contributed by atoms with E-state index in [-0.39, 0.29) is 0 Å². The quantitative estimate of drug-likeness (QED) is 0.539. The Labute approximate surface area is 157 Å². The van der Waals surface area contributed by atoms with Gasteiger partial charge in [-0.3, -0.25) is 9.89 Å². The number of nitrogens with one attached hydrogen (secondary N) is 2. The number of methoxy groups -OCH3 is 1. The molecule has 26 heavy (non-hydrogen) atoms. The fraction of sp³-hybridized carbons (Fsp3) is 0.684. The number of hydrogen-bond acceptors (Lipinski definition) is 5. The van der Waals surface area contributed by atoms with Gasteiger partial charge in [0.05, 0.1) is 20.3 Å². The number of guanidine groups is 1. The summed E-state index contributed by atoms with van der Waals surface area (Å²) in [7, 11) is 3.43. The summed E-state index contributed by atoms with van der Waals surface area (Å²) in [6, 6.07) is 4.38. The van der Waals surface area contributed by atoms with Crippen molar-refractivity contribution < 1.29 is 9.47 Å². The molecule has 2 rings (SSSR count). The van der Waals surface area contributed by atoms with E-state index in [0.717, 1.165) is 50.8 Å². The van der Waals surface area contributed by atoms with E-state index in [1.165, 1.54) is 0 Å². The zero-order valence-electron chi connectivity index (χ0n) is 16.5. The fourth-order valence-electron chi connectivity index (χ4n) is 3.14. The van der Waals surface area contributed by atoms with Crippen molar-refractivity contribution in [2.45, 2.75) is 32.9 Å². The molecule has 1 aliphatic rings. The largest absolute Gasteiger partial charge is 0.481 e. The Balaban J connectivity index is 1.86. The molecule has 1 aromatic rings. The van der Waals surface area contributed by atoms with Gasteiger partial charge in [-0.05, 0) is 24.0 Å². The summed E-state index contributed by atoms with van der Waals surface area (Å²) in [5, 5.41) is 6.84. The maximum Gasteiger partial charge on any atom is 0.213 e. The molecule has 0 saturated carbocycles. The van der Waals surface area contributed by atoms with Crippen LogP contribution in [0, 0.1) is 5.92 Å². The van der Waals surface area contributed by atoms with Gasteiger partial charge in [-0.2, -0.15) is 0 Å². The minimum atomic E-state index is 0.485. The highest BCUT2D eigenvalue weighted by atomic mass is 16.5. The fourth-order valence-corrected chi connectivity index (χ4v) is 3.14. The van der Waals surface area contributed by atoms with Gasteiger partial charge >= 0.3 is 0 Å². The van der Waals surface area contributed by atoms with Crippen molar-refractivity contribution in [1.82, 2.24) is 20.5 Å². The molecule has 1 saturated heterocycles. The summed E-state index contributed by atoms with van der Waals surface area (Å²) in [5.41, 5.74) is 1.10. The number of aliphatic imine (C=N–C) groups is 1. The molecule has 0 radical (unpaired) electrons. The van der Waals surface area contributed by atoms with Crippen molar-refractivity contribution in [3.05, 3.63) is 23.9 Å². The van der Waals surface area contributed by atoms with E-state index >= 15 is 0 Å². The summed E-state index contributed by atoms with van der Waals surface area (Å²) < 4.78 is 10.7. The van der Waals surface area contributed by atoms with Gasteiger partial charge in [-0.25, -0.2) is 4.98 Å². The monoisotopic (exact) mass is 363 g/mol. The number of aromatic nitrogens is 1. The first-order chi connectivity index (χ1) is 12.6. The first-order valence-corrected chi connectivity index (χ1v) is 9.37. The van der Waals surface area contributed by atoms with Crippen LogP contribution >= 0.6 is 0 Å². The van der Waals surface area contributed by atoms with Gasteiger partial charge in [0.15, 0.2) is 5.96 Å². The molecule has 146 valence electrons. The number of hydrogen-bond donors (Lipinski definition) is 2. The van der Waals surface area contributed by atoms with Crippen LogP contribution in [0.1, 0.15) is 25.8 Å². The number of pyridine rings is 1. The molecule has 2 N–H and O–H groups in total. The highest BCUT2D eigenvalue weighted by molar-refractivity contribution is 5.79. The molecule has 7 heteroatoms. The van der Waals surface area contributed by atoms with Gasteiger partial charge in [-0.15, -0.1) is 0 Å². The zero-order valence-corrected chi connectivity index (χ0v) is 16.5.